The van der Waals surface area contributed by atoms with Crippen molar-refractivity contribution in [2.45, 2.75) is 71.3 Å². The van der Waals surface area contributed by atoms with Gasteiger partial charge in [-0.1, -0.05) is 64.0 Å². The van der Waals surface area contributed by atoms with Crippen LogP contribution in [0.15, 0.2) is 18.2 Å². The first kappa shape index (κ1) is 19.2. The first-order chi connectivity index (χ1) is 10.2. The minimum Gasteiger partial charge on any atom is -0.310 e. The van der Waals surface area contributed by atoms with E-state index in [2.05, 4.69) is 53.9 Å². The molecule has 1 atom stereocenters. The summed E-state index contributed by atoms with van der Waals surface area (Å²) in [4.78, 5) is 0. The van der Waals surface area contributed by atoms with Crippen LogP contribution in [-0.2, 0) is 0 Å². The zero-order chi connectivity index (χ0) is 15.5. The summed E-state index contributed by atoms with van der Waals surface area (Å²) in [7, 11) is 0. The van der Waals surface area contributed by atoms with E-state index in [4.69, 9.17) is 11.6 Å². The molecule has 0 spiro atoms. The van der Waals surface area contributed by atoms with Gasteiger partial charge in [-0.2, -0.15) is 0 Å². The van der Waals surface area contributed by atoms with Crippen molar-refractivity contribution >= 4 is 34.2 Å². The predicted octanol–water partition coefficient (Wildman–Crippen LogP) is 6.74. The van der Waals surface area contributed by atoms with Crippen molar-refractivity contribution in [3.8, 4) is 0 Å². The Balaban J connectivity index is 2.52. The van der Waals surface area contributed by atoms with E-state index in [0.717, 1.165) is 11.6 Å². The molecule has 0 aliphatic carbocycles. The van der Waals surface area contributed by atoms with E-state index in [9.17, 15) is 0 Å². The summed E-state index contributed by atoms with van der Waals surface area (Å²) >= 11 is 8.61. The summed E-state index contributed by atoms with van der Waals surface area (Å²) in [6.45, 7) is 5.56. The average Bonchev–Trinajstić information content (AvgIpc) is 2.48. The Kier molecular flexibility index (Phi) is 10.7. The van der Waals surface area contributed by atoms with Gasteiger partial charge in [0.2, 0.25) is 0 Å². The Hall–Kier alpha value is 0.200. The summed E-state index contributed by atoms with van der Waals surface area (Å²) in [5.74, 6) is 0. The van der Waals surface area contributed by atoms with Crippen LogP contribution in [0.3, 0.4) is 0 Å². The monoisotopic (exact) mass is 421 g/mol. The maximum absolute atomic E-state index is 6.18. The molecule has 0 amide bonds. The van der Waals surface area contributed by atoms with Gasteiger partial charge in [0.1, 0.15) is 0 Å². The Labute approximate surface area is 149 Å². The first-order valence-corrected chi connectivity index (χ1v) is 9.83. The fourth-order valence-electron chi connectivity index (χ4n) is 2.60. The van der Waals surface area contributed by atoms with Gasteiger partial charge in [-0.15, -0.1) is 0 Å². The van der Waals surface area contributed by atoms with Gasteiger partial charge in [-0.05, 0) is 65.7 Å². The number of unbranched alkanes of at least 4 members (excludes halogenated alkanes) is 5. The molecule has 1 unspecified atom stereocenters. The van der Waals surface area contributed by atoms with E-state index >= 15 is 0 Å². The van der Waals surface area contributed by atoms with Crippen molar-refractivity contribution in [1.29, 1.82) is 0 Å². The molecule has 1 N–H and O–H groups in total. The second-order valence-corrected chi connectivity index (χ2v) is 7.33. The SMILES string of the molecule is CCCCCCCCC(NCCC)c1cc(Cl)ccc1I. The fraction of sp³-hybridized carbons (Fsp3) is 0.667. The predicted molar refractivity (Wildman–Crippen MR) is 103 cm³/mol. The van der Waals surface area contributed by atoms with Gasteiger partial charge in [0.05, 0.1) is 0 Å². The molecular formula is C18H29ClIN. The molecule has 0 radical (unpaired) electrons. The van der Waals surface area contributed by atoms with Crippen molar-refractivity contribution in [1.82, 2.24) is 5.32 Å². The van der Waals surface area contributed by atoms with E-state index < -0.39 is 0 Å². The molecule has 1 aromatic carbocycles. The largest absolute Gasteiger partial charge is 0.310 e. The standard InChI is InChI=1S/C18H29ClIN/c1-3-5-6-7-8-9-10-18(21-13-4-2)16-14-15(19)11-12-17(16)20/h11-12,14,18,21H,3-10,13H2,1-2H3. The quantitative estimate of drug-likeness (QED) is 0.308. The van der Waals surface area contributed by atoms with Crippen LogP contribution in [-0.4, -0.2) is 6.54 Å². The normalized spacial score (nSPS) is 12.6. The van der Waals surface area contributed by atoms with Crippen LogP contribution < -0.4 is 5.32 Å². The van der Waals surface area contributed by atoms with Gasteiger partial charge in [0.25, 0.3) is 0 Å². The number of halogens is 2. The summed E-state index contributed by atoms with van der Waals surface area (Å²) in [5.41, 5.74) is 1.37. The Morgan fingerprint density at radius 3 is 2.48 bits per heavy atom. The van der Waals surface area contributed by atoms with Gasteiger partial charge < -0.3 is 5.32 Å². The van der Waals surface area contributed by atoms with Crippen LogP contribution in [0.25, 0.3) is 0 Å². The number of benzene rings is 1. The number of hydrogen-bond acceptors (Lipinski definition) is 1. The molecule has 1 rings (SSSR count). The summed E-state index contributed by atoms with van der Waals surface area (Å²) in [6, 6.07) is 6.68. The molecule has 0 aliphatic rings. The van der Waals surface area contributed by atoms with Gasteiger partial charge in [0.15, 0.2) is 0 Å². The molecule has 0 fully saturated rings. The molecule has 1 aromatic rings. The van der Waals surface area contributed by atoms with Crippen LogP contribution in [0.2, 0.25) is 5.02 Å². The third-order valence-electron chi connectivity index (χ3n) is 3.82. The van der Waals surface area contributed by atoms with E-state index in [0.29, 0.717) is 6.04 Å². The Morgan fingerprint density at radius 1 is 1.05 bits per heavy atom. The second kappa shape index (κ2) is 11.7. The molecule has 0 aliphatic heterocycles. The molecule has 120 valence electrons. The van der Waals surface area contributed by atoms with Gasteiger partial charge in [-0.3, -0.25) is 0 Å². The van der Waals surface area contributed by atoms with Crippen molar-refractivity contribution in [3.63, 3.8) is 0 Å². The molecule has 21 heavy (non-hydrogen) atoms. The highest BCUT2D eigenvalue weighted by Crippen LogP contribution is 2.27. The smallest absolute Gasteiger partial charge is 0.0410 e. The molecule has 0 aromatic heterocycles. The maximum atomic E-state index is 6.18. The van der Waals surface area contributed by atoms with E-state index in [1.165, 1.54) is 60.5 Å². The lowest BCUT2D eigenvalue weighted by molar-refractivity contribution is 0.465. The summed E-state index contributed by atoms with van der Waals surface area (Å²) in [5, 5.41) is 4.54. The highest BCUT2D eigenvalue weighted by atomic mass is 127. The van der Waals surface area contributed by atoms with Crippen LogP contribution in [0.4, 0.5) is 0 Å². The first-order valence-electron chi connectivity index (χ1n) is 8.37. The number of rotatable bonds is 11. The average molecular weight is 422 g/mol. The molecule has 0 bridgehead atoms. The molecule has 0 saturated carbocycles. The Bertz CT molecular complexity index is 395. The van der Waals surface area contributed by atoms with Crippen LogP contribution >= 0.6 is 34.2 Å². The minimum absolute atomic E-state index is 0.446. The summed E-state index contributed by atoms with van der Waals surface area (Å²) < 4.78 is 1.32. The zero-order valence-corrected chi connectivity index (χ0v) is 16.3. The zero-order valence-electron chi connectivity index (χ0n) is 13.4. The second-order valence-electron chi connectivity index (χ2n) is 5.73. The Morgan fingerprint density at radius 2 is 1.76 bits per heavy atom. The van der Waals surface area contributed by atoms with Gasteiger partial charge >= 0.3 is 0 Å². The van der Waals surface area contributed by atoms with Crippen molar-refractivity contribution in [2.75, 3.05) is 6.54 Å². The maximum Gasteiger partial charge on any atom is 0.0410 e. The highest BCUT2D eigenvalue weighted by molar-refractivity contribution is 14.1. The molecular weight excluding hydrogens is 393 g/mol. The lowest BCUT2D eigenvalue weighted by Crippen LogP contribution is -2.23. The fourth-order valence-corrected chi connectivity index (χ4v) is 3.49. The third-order valence-corrected chi connectivity index (χ3v) is 5.04. The van der Waals surface area contributed by atoms with E-state index in [-0.39, 0.29) is 0 Å². The molecule has 1 nitrogen and oxygen atoms in total. The van der Waals surface area contributed by atoms with E-state index in [1.54, 1.807) is 0 Å². The molecule has 0 saturated heterocycles. The van der Waals surface area contributed by atoms with Crippen molar-refractivity contribution in [2.24, 2.45) is 0 Å². The van der Waals surface area contributed by atoms with Gasteiger partial charge in [-0.25, -0.2) is 0 Å². The third kappa shape index (κ3) is 7.85. The highest BCUT2D eigenvalue weighted by Gasteiger charge is 2.14. The topological polar surface area (TPSA) is 12.0 Å². The van der Waals surface area contributed by atoms with Crippen LogP contribution in [0.5, 0.6) is 0 Å². The van der Waals surface area contributed by atoms with Crippen LogP contribution in [0.1, 0.15) is 76.8 Å². The lowest BCUT2D eigenvalue weighted by atomic mass is 9.99. The number of hydrogen-bond donors (Lipinski definition) is 1. The minimum atomic E-state index is 0.446. The van der Waals surface area contributed by atoms with Crippen molar-refractivity contribution in [3.05, 3.63) is 32.4 Å². The van der Waals surface area contributed by atoms with Crippen LogP contribution in [0, 0.1) is 3.57 Å². The van der Waals surface area contributed by atoms with E-state index in [1.807, 2.05) is 6.07 Å². The number of nitrogens with one attached hydrogen (secondary N) is 1. The van der Waals surface area contributed by atoms with Gasteiger partial charge in [0, 0.05) is 14.6 Å². The molecule has 0 heterocycles. The molecule has 3 heteroatoms. The lowest BCUT2D eigenvalue weighted by Gasteiger charge is -2.20. The summed E-state index contributed by atoms with van der Waals surface area (Å²) in [6.07, 6.45) is 10.5. The van der Waals surface area contributed by atoms with Crippen molar-refractivity contribution < 1.29 is 0 Å².